The van der Waals surface area contributed by atoms with Crippen LogP contribution >= 0.6 is 15.9 Å². The maximum absolute atomic E-state index is 12.6. The number of hydrogen-bond donors (Lipinski definition) is 1. The minimum Gasteiger partial charge on any atom is -0.392 e. The molecule has 0 amide bonds. The Hall–Kier alpha value is -0.430. The van der Waals surface area contributed by atoms with Crippen LogP contribution < -0.4 is 0 Å². The monoisotopic (exact) mass is 363 g/mol. The number of nitrogens with zero attached hydrogens (tertiary/aromatic N) is 1. The highest BCUT2D eigenvalue weighted by Crippen LogP contribution is 2.28. The Morgan fingerprint density at radius 1 is 1.40 bits per heavy atom. The molecule has 0 aliphatic carbocycles. The van der Waals surface area contributed by atoms with Gasteiger partial charge in [-0.05, 0) is 36.1 Å². The van der Waals surface area contributed by atoms with Gasteiger partial charge in [-0.25, -0.2) is 12.7 Å². The molecule has 1 N–H and O–H groups in total. The van der Waals surface area contributed by atoms with Crippen molar-refractivity contribution in [2.75, 3.05) is 13.6 Å². The van der Waals surface area contributed by atoms with E-state index in [2.05, 4.69) is 15.9 Å². The molecule has 114 valence electrons. The first-order valence-corrected chi connectivity index (χ1v) is 8.83. The zero-order valence-corrected chi connectivity index (χ0v) is 14.8. The standard InChI is InChI=1S/C14H22BrNO3S/c1-5-10(2)8-16(4)20(18,19)14-7-12(9-17)6-13(15)11(14)3/h6-7,10,17H,5,8-9H2,1-4H3. The Kier molecular flexibility index (Phi) is 6.19. The van der Waals surface area contributed by atoms with Crippen molar-refractivity contribution in [3.05, 3.63) is 27.7 Å². The average Bonchev–Trinajstić information content (AvgIpc) is 2.40. The van der Waals surface area contributed by atoms with Crippen molar-refractivity contribution in [1.29, 1.82) is 0 Å². The minimum atomic E-state index is -3.54. The third-order valence-electron chi connectivity index (χ3n) is 3.49. The lowest BCUT2D eigenvalue weighted by atomic mass is 10.1. The maximum atomic E-state index is 12.6. The minimum absolute atomic E-state index is 0.184. The molecule has 0 aromatic heterocycles. The molecule has 0 spiro atoms. The van der Waals surface area contributed by atoms with E-state index >= 15 is 0 Å². The average molecular weight is 364 g/mol. The number of aliphatic hydroxyl groups excluding tert-OH is 1. The number of hydrogen-bond acceptors (Lipinski definition) is 3. The summed E-state index contributed by atoms with van der Waals surface area (Å²) in [7, 11) is -1.94. The summed E-state index contributed by atoms with van der Waals surface area (Å²) >= 11 is 3.35. The van der Waals surface area contributed by atoms with Crippen LogP contribution in [0.4, 0.5) is 0 Å². The van der Waals surface area contributed by atoms with Crippen LogP contribution in [0.5, 0.6) is 0 Å². The van der Waals surface area contributed by atoms with Gasteiger partial charge in [-0.1, -0.05) is 36.2 Å². The molecule has 1 aromatic carbocycles. The van der Waals surface area contributed by atoms with E-state index < -0.39 is 10.0 Å². The molecular formula is C14H22BrNO3S. The molecule has 0 saturated heterocycles. The van der Waals surface area contributed by atoms with Crippen molar-refractivity contribution in [2.45, 2.75) is 38.7 Å². The SMILES string of the molecule is CCC(C)CN(C)S(=O)(=O)c1cc(CO)cc(Br)c1C. The molecule has 0 saturated carbocycles. The zero-order valence-electron chi connectivity index (χ0n) is 12.4. The summed E-state index contributed by atoms with van der Waals surface area (Å²) in [6, 6.07) is 3.28. The second-order valence-electron chi connectivity index (χ2n) is 5.16. The van der Waals surface area contributed by atoms with Gasteiger partial charge in [0.25, 0.3) is 0 Å². The third-order valence-corrected chi connectivity index (χ3v) is 6.27. The van der Waals surface area contributed by atoms with Gasteiger partial charge in [0, 0.05) is 18.1 Å². The van der Waals surface area contributed by atoms with Crippen molar-refractivity contribution < 1.29 is 13.5 Å². The predicted molar refractivity (Wildman–Crippen MR) is 84.1 cm³/mol. The number of benzene rings is 1. The van der Waals surface area contributed by atoms with Crippen LogP contribution in [0.2, 0.25) is 0 Å². The molecule has 6 heteroatoms. The van der Waals surface area contributed by atoms with Gasteiger partial charge in [0.15, 0.2) is 0 Å². The highest BCUT2D eigenvalue weighted by atomic mass is 79.9. The van der Waals surface area contributed by atoms with Gasteiger partial charge >= 0.3 is 0 Å². The molecule has 0 radical (unpaired) electrons. The largest absolute Gasteiger partial charge is 0.392 e. The van der Waals surface area contributed by atoms with Gasteiger partial charge < -0.3 is 5.11 Å². The molecule has 1 aromatic rings. The number of halogens is 1. The second kappa shape index (κ2) is 7.02. The van der Waals surface area contributed by atoms with E-state index in [-0.39, 0.29) is 11.5 Å². The summed E-state index contributed by atoms with van der Waals surface area (Å²) in [6.45, 7) is 6.13. The van der Waals surface area contributed by atoms with E-state index in [0.29, 0.717) is 28.1 Å². The van der Waals surface area contributed by atoms with Crippen LogP contribution in [0.1, 0.15) is 31.4 Å². The summed E-state index contributed by atoms with van der Waals surface area (Å²) in [5.41, 5.74) is 1.25. The molecule has 1 unspecified atom stereocenters. The Balaban J connectivity index is 3.24. The Morgan fingerprint density at radius 3 is 2.50 bits per heavy atom. The molecule has 1 atom stereocenters. The highest BCUT2D eigenvalue weighted by Gasteiger charge is 2.25. The van der Waals surface area contributed by atoms with Crippen LogP contribution in [-0.4, -0.2) is 31.4 Å². The van der Waals surface area contributed by atoms with Crippen molar-refractivity contribution in [1.82, 2.24) is 4.31 Å². The lowest BCUT2D eigenvalue weighted by molar-refractivity contribution is 0.281. The highest BCUT2D eigenvalue weighted by molar-refractivity contribution is 9.10. The van der Waals surface area contributed by atoms with Crippen LogP contribution in [0, 0.1) is 12.8 Å². The maximum Gasteiger partial charge on any atom is 0.243 e. The van der Waals surface area contributed by atoms with E-state index in [1.807, 2.05) is 13.8 Å². The van der Waals surface area contributed by atoms with Gasteiger partial charge in [-0.15, -0.1) is 0 Å². The molecule has 0 aliphatic heterocycles. The Labute approximate surface area is 130 Å². The fraction of sp³-hybridized carbons (Fsp3) is 0.571. The fourth-order valence-electron chi connectivity index (χ4n) is 1.90. The lowest BCUT2D eigenvalue weighted by Crippen LogP contribution is -2.31. The van der Waals surface area contributed by atoms with Gasteiger partial charge in [-0.2, -0.15) is 0 Å². The van der Waals surface area contributed by atoms with E-state index in [1.165, 1.54) is 4.31 Å². The molecule has 0 bridgehead atoms. The van der Waals surface area contributed by atoms with Gasteiger partial charge in [0.1, 0.15) is 0 Å². The molecule has 1 rings (SSSR count). The quantitative estimate of drug-likeness (QED) is 0.845. The summed E-state index contributed by atoms with van der Waals surface area (Å²) < 4.78 is 27.4. The van der Waals surface area contributed by atoms with Gasteiger partial charge in [-0.3, -0.25) is 0 Å². The van der Waals surface area contributed by atoms with E-state index in [1.54, 1.807) is 26.1 Å². The topological polar surface area (TPSA) is 57.6 Å². The lowest BCUT2D eigenvalue weighted by Gasteiger charge is -2.22. The van der Waals surface area contributed by atoms with Gasteiger partial charge in [0.05, 0.1) is 11.5 Å². The molecule has 4 nitrogen and oxygen atoms in total. The summed E-state index contributed by atoms with van der Waals surface area (Å²) in [5, 5.41) is 9.24. The zero-order chi connectivity index (χ0) is 15.5. The fourth-order valence-corrected chi connectivity index (χ4v) is 4.12. The smallest absolute Gasteiger partial charge is 0.243 e. The Bertz CT molecular complexity index is 572. The van der Waals surface area contributed by atoms with E-state index in [0.717, 1.165) is 6.42 Å². The first kappa shape index (κ1) is 17.6. The third kappa shape index (κ3) is 3.81. The van der Waals surface area contributed by atoms with Crippen LogP contribution in [-0.2, 0) is 16.6 Å². The Morgan fingerprint density at radius 2 is 2.00 bits per heavy atom. The molecule has 20 heavy (non-hydrogen) atoms. The van der Waals surface area contributed by atoms with E-state index in [4.69, 9.17) is 0 Å². The molecular weight excluding hydrogens is 342 g/mol. The number of aliphatic hydroxyl groups is 1. The number of rotatable bonds is 6. The number of sulfonamides is 1. The predicted octanol–water partition coefficient (Wildman–Crippen LogP) is 2.92. The van der Waals surface area contributed by atoms with Crippen molar-refractivity contribution >= 4 is 26.0 Å². The molecule has 0 heterocycles. The van der Waals surface area contributed by atoms with Crippen LogP contribution in [0.15, 0.2) is 21.5 Å². The van der Waals surface area contributed by atoms with Gasteiger partial charge in [0.2, 0.25) is 10.0 Å². The van der Waals surface area contributed by atoms with Crippen molar-refractivity contribution in [2.24, 2.45) is 5.92 Å². The molecule has 0 aliphatic rings. The normalized spacial score (nSPS) is 13.8. The van der Waals surface area contributed by atoms with Crippen LogP contribution in [0.25, 0.3) is 0 Å². The summed E-state index contributed by atoms with van der Waals surface area (Å²) in [6.07, 6.45) is 0.930. The second-order valence-corrected chi connectivity index (χ2v) is 8.03. The van der Waals surface area contributed by atoms with Crippen LogP contribution in [0.3, 0.4) is 0 Å². The first-order valence-electron chi connectivity index (χ1n) is 6.60. The summed E-state index contributed by atoms with van der Waals surface area (Å²) in [4.78, 5) is 0.252. The summed E-state index contributed by atoms with van der Waals surface area (Å²) in [5.74, 6) is 0.305. The molecule has 0 fully saturated rings. The van der Waals surface area contributed by atoms with Crippen molar-refractivity contribution in [3.8, 4) is 0 Å². The van der Waals surface area contributed by atoms with Crippen molar-refractivity contribution in [3.63, 3.8) is 0 Å². The van der Waals surface area contributed by atoms with E-state index in [9.17, 15) is 13.5 Å². The first-order chi connectivity index (χ1) is 9.23.